The fourth-order valence-electron chi connectivity index (χ4n) is 3.34. The van der Waals surface area contributed by atoms with Gasteiger partial charge in [0.1, 0.15) is 0 Å². The third kappa shape index (κ3) is 18.1. The lowest BCUT2D eigenvalue weighted by molar-refractivity contribution is 0.111. The Labute approximate surface area is 148 Å². The minimum absolute atomic E-state index is 0.629. The Bertz CT molecular complexity index is 202. The van der Waals surface area contributed by atoms with E-state index in [-0.39, 0.29) is 0 Å². The van der Waals surface area contributed by atoms with E-state index in [9.17, 15) is 0 Å². The van der Waals surface area contributed by atoms with Crippen molar-refractivity contribution in [3.63, 3.8) is 0 Å². The van der Waals surface area contributed by atoms with Gasteiger partial charge in [-0.2, -0.15) is 0 Å². The zero-order valence-electron chi connectivity index (χ0n) is 16.4. The Morgan fingerprint density at radius 3 is 1.39 bits per heavy atom. The Hall–Kier alpha value is -0.0400. The number of hydrogen-bond acceptors (Lipinski definition) is 1. The molecule has 1 nitrogen and oxygen atoms in total. The molecule has 1 radical (unpaired) electrons. The number of unbranched alkanes of at least 4 members (excludes halogenated alkanes) is 12. The largest absolute Gasteiger partial charge is 0.381 e. The van der Waals surface area contributed by atoms with Gasteiger partial charge in [-0.25, -0.2) is 0 Å². The van der Waals surface area contributed by atoms with Crippen LogP contribution >= 0.6 is 0 Å². The Morgan fingerprint density at radius 1 is 0.609 bits per heavy atom. The average molecular weight is 326 g/mol. The molecule has 0 spiro atoms. The van der Waals surface area contributed by atoms with Crippen LogP contribution in [0.25, 0.3) is 0 Å². The highest BCUT2D eigenvalue weighted by atomic mass is 16.5. The van der Waals surface area contributed by atoms with Crippen molar-refractivity contribution in [3.05, 3.63) is 6.92 Å². The van der Waals surface area contributed by atoms with Crippen LogP contribution in [0.5, 0.6) is 0 Å². The van der Waals surface area contributed by atoms with E-state index < -0.39 is 0 Å². The van der Waals surface area contributed by atoms with Crippen molar-refractivity contribution in [1.82, 2.24) is 0 Å². The third-order valence-electron chi connectivity index (χ3n) is 4.93. The second-order valence-electron chi connectivity index (χ2n) is 7.26. The standard InChI is InChI=1S/C22H45O/c1-4-7-9-11-13-14-16-18-20-22(21-23-6-3)19-17-15-12-10-8-5-2/h22H,3-21H2,1-2H3. The molecule has 139 valence electrons. The molecular weight excluding hydrogens is 280 g/mol. The summed E-state index contributed by atoms with van der Waals surface area (Å²) in [5.41, 5.74) is 0. The molecule has 0 fully saturated rings. The van der Waals surface area contributed by atoms with E-state index >= 15 is 0 Å². The highest BCUT2D eigenvalue weighted by Crippen LogP contribution is 2.19. The lowest BCUT2D eigenvalue weighted by atomic mass is 9.94. The maximum absolute atomic E-state index is 5.60. The summed E-state index contributed by atoms with van der Waals surface area (Å²) in [5, 5.41) is 0. The lowest BCUT2D eigenvalue weighted by Crippen LogP contribution is -2.10. The summed E-state index contributed by atoms with van der Waals surface area (Å²) < 4.78 is 5.60. The Balaban J connectivity index is 3.54. The zero-order valence-corrected chi connectivity index (χ0v) is 16.4. The van der Waals surface area contributed by atoms with E-state index in [1.807, 2.05) is 0 Å². The van der Waals surface area contributed by atoms with Gasteiger partial charge in [-0.15, -0.1) is 0 Å². The molecule has 0 aromatic rings. The number of hydrogen-bond donors (Lipinski definition) is 0. The van der Waals surface area contributed by atoms with Gasteiger partial charge in [0.15, 0.2) is 0 Å². The number of rotatable bonds is 19. The van der Waals surface area contributed by atoms with Crippen LogP contribution in [0.1, 0.15) is 117 Å². The second-order valence-corrected chi connectivity index (χ2v) is 7.26. The van der Waals surface area contributed by atoms with E-state index in [1.165, 1.54) is 103 Å². The summed E-state index contributed by atoms with van der Waals surface area (Å²) in [7, 11) is 0. The minimum atomic E-state index is 0.629. The molecule has 1 unspecified atom stereocenters. The molecule has 23 heavy (non-hydrogen) atoms. The average Bonchev–Trinajstić information content (AvgIpc) is 2.57. The second kappa shape index (κ2) is 20.0. The van der Waals surface area contributed by atoms with Gasteiger partial charge in [0.05, 0.1) is 0 Å². The molecule has 0 aromatic carbocycles. The molecule has 1 heteroatoms. The minimum Gasteiger partial charge on any atom is -0.381 e. The SMILES string of the molecule is [CH2]COCC(CCCCCCCC)CCCCCCCCCC. The zero-order chi connectivity index (χ0) is 17.0. The van der Waals surface area contributed by atoms with Gasteiger partial charge in [-0.05, 0) is 25.7 Å². The highest BCUT2D eigenvalue weighted by Gasteiger charge is 2.08. The Kier molecular flexibility index (Phi) is 20.0. The summed E-state index contributed by atoms with van der Waals surface area (Å²) in [6.07, 6.45) is 22.5. The molecule has 0 amide bonds. The van der Waals surface area contributed by atoms with Crippen LogP contribution < -0.4 is 0 Å². The predicted molar refractivity (Wildman–Crippen MR) is 105 cm³/mol. The normalized spacial score (nSPS) is 12.7. The summed E-state index contributed by atoms with van der Waals surface area (Å²) >= 11 is 0. The van der Waals surface area contributed by atoms with Crippen molar-refractivity contribution in [1.29, 1.82) is 0 Å². The molecule has 0 saturated heterocycles. The van der Waals surface area contributed by atoms with Crippen LogP contribution in [-0.2, 0) is 4.74 Å². The molecule has 0 heterocycles. The van der Waals surface area contributed by atoms with Crippen LogP contribution in [0.2, 0.25) is 0 Å². The van der Waals surface area contributed by atoms with Crippen LogP contribution in [0.4, 0.5) is 0 Å². The topological polar surface area (TPSA) is 9.23 Å². The summed E-state index contributed by atoms with van der Waals surface area (Å²) in [4.78, 5) is 0. The third-order valence-corrected chi connectivity index (χ3v) is 4.93. The van der Waals surface area contributed by atoms with E-state index in [4.69, 9.17) is 4.74 Å². The van der Waals surface area contributed by atoms with Crippen molar-refractivity contribution in [2.75, 3.05) is 13.2 Å². The lowest BCUT2D eigenvalue weighted by Gasteiger charge is -2.16. The van der Waals surface area contributed by atoms with Crippen LogP contribution in [0, 0.1) is 12.8 Å². The molecule has 0 saturated carbocycles. The first-order valence-electron chi connectivity index (χ1n) is 10.7. The van der Waals surface area contributed by atoms with Gasteiger partial charge in [-0.1, -0.05) is 104 Å². The molecule has 0 aliphatic heterocycles. The van der Waals surface area contributed by atoms with Crippen LogP contribution in [-0.4, -0.2) is 13.2 Å². The molecule has 0 rings (SSSR count). The monoisotopic (exact) mass is 325 g/mol. The molecule has 0 N–H and O–H groups in total. The van der Waals surface area contributed by atoms with Crippen molar-refractivity contribution in [2.24, 2.45) is 5.92 Å². The van der Waals surface area contributed by atoms with Crippen molar-refractivity contribution < 1.29 is 4.74 Å². The first kappa shape index (κ1) is 23.0. The van der Waals surface area contributed by atoms with Gasteiger partial charge >= 0.3 is 0 Å². The van der Waals surface area contributed by atoms with Crippen LogP contribution in [0.3, 0.4) is 0 Å². The number of ether oxygens (including phenoxy) is 1. The summed E-state index contributed by atoms with van der Waals surface area (Å²) in [6.45, 7) is 9.96. The van der Waals surface area contributed by atoms with Crippen molar-refractivity contribution >= 4 is 0 Å². The van der Waals surface area contributed by atoms with E-state index in [0.717, 1.165) is 12.5 Å². The Morgan fingerprint density at radius 2 is 1.00 bits per heavy atom. The molecule has 1 atom stereocenters. The van der Waals surface area contributed by atoms with Gasteiger partial charge in [0.25, 0.3) is 0 Å². The van der Waals surface area contributed by atoms with E-state index in [2.05, 4.69) is 20.8 Å². The summed E-state index contributed by atoms with van der Waals surface area (Å²) in [6, 6.07) is 0. The first-order chi connectivity index (χ1) is 11.3. The van der Waals surface area contributed by atoms with E-state index in [1.54, 1.807) is 0 Å². The van der Waals surface area contributed by atoms with Gasteiger partial charge < -0.3 is 4.74 Å². The maximum atomic E-state index is 5.60. The molecule has 0 aromatic heterocycles. The van der Waals surface area contributed by atoms with E-state index in [0.29, 0.717) is 6.61 Å². The van der Waals surface area contributed by atoms with Gasteiger partial charge in [0.2, 0.25) is 0 Å². The fourth-order valence-corrected chi connectivity index (χ4v) is 3.34. The molecule has 0 aliphatic carbocycles. The van der Waals surface area contributed by atoms with Crippen molar-refractivity contribution in [3.8, 4) is 0 Å². The maximum Gasteiger partial charge on any atom is 0.0494 e. The summed E-state index contributed by atoms with van der Waals surface area (Å²) in [5.74, 6) is 0.781. The molecular formula is C22H45O. The van der Waals surface area contributed by atoms with Crippen LogP contribution in [0.15, 0.2) is 0 Å². The molecule has 0 aliphatic rings. The predicted octanol–water partition coefficient (Wildman–Crippen LogP) is 7.73. The van der Waals surface area contributed by atoms with Gasteiger partial charge in [-0.3, -0.25) is 0 Å². The van der Waals surface area contributed by atoms with Crippen molar-refractivity contribution in [2.45, 2.75) is 117 Å². The fraction of sp³-hybridized carbons (Fsp3) is 0.955. The first-order valence-corrected chi connectivity index (χ1v) is 10.7. The smallest absolute Gasteiger partial charge is 0.0494 e. The highest BCUT2D eigenvalue weighted by molar-refractivity contribution is 4.61. The molecule has 0 bridgehead atoms. The quantitative estimate of drug-likeness (QED) is 0.221. The van der Waals surface area contributed by atoms with Gasteiger partial charge in [0, 0.05) is 13.2 Å².